The Balaban J connectivity index is 0. The molecule has 0 aromatic carbocycles. The maximum atomic E-state index is 4.78. The summed E-state index contributed by atoms with van der Waals surface area (Å²) in [4.78, 5) is 0. The van der Waals surface area contributed by atoms with Crippen LogP contribution < -0.4 is 5.73 Å². The molecule has 0 bridgehead atoms. The van der Waals surface area contributed by atoms with Gasteiger partial charge >= 0.3 is 29.6 Å². The van der Waals surface area contributed by atoms with E-state index in [4.69, 9.17) is 11.6 Å². The number of alkyl halides is 1. The molecular formula is CH5ClNNa. The van der Waals surface area contributed by atoms with Crippen molar-refractivity contribution in [2.75, 3.05) is 6.00 Å². The average Bonchev–Trinajstić information content (AvgIpc) is 0.918. The van der Waals surface area contributed by atoms with E-state index >= 15 is 0 Å². The van der Waals surface area contributed by atoms with Crippen LogP contribution in [0.15, 0.2) is 0 Å². The van der Waals surface area contributed by atoms with Crippen LogP contribution in [-0.4, -0.2) is 35.6 Å². The predicted molar refractivity (Wildman–Crippen MR) is 22.1 cm³/mol. The fraction of sp³-hybridized carbons (Fsp3) is 1.00. The maximum absolute atomic E-state index is 4.78. The molecule has 0 aliphatic carbocycles. The molecule has 0 saturated heterocycles. The van der Waals surface area contributed by atoms with Gasteiger partial charge in [-0.15, -0.1) is 11.6 Å². The molecule has 0 atom stereocenters. The molecule has 0 amide bonds. The van der Waals surface area contributed by atoms with Gasteiger partial charge in [0.15, 0.2) is 0 Å². The summed E-state index contributed by atoms with van der Waals surface area (Å²) in [6, 6.07) is 0.222. The van der Waals surface area contributed by atoms with Gasteiger partial charge < -0.3 is 5.73 Å². The first-order valence-corrected chi connectivity index (χ1v) is 1.21. The summed E-state index contributed by atoms with van der Waals surface area (Å²) in [5.74, 6) is 0. The van der Waals surface area contributed by atoms with Gasteiger partial charge in [-0.25, -0.2) is 0 Å². The Kier molecular flexibility index (Phi) is 19.9. The number of hydrogen-bond donors (Lipinski definition) is 1. The van der Waals surface area contributed by atoms with E-state index in [0.717, 1.165) is 0 Å². The van der Waals surface area contributed by atoms with Gasteiger partial charge in [0.05, 0.1) is 6.00 Å². The molecule has 0 heterocycles. The van der Waals surface area contributed by atoms with E-state index in [0.29, 0.717) is 0 Å². The van der Waals surface area contributed by atoms with E-state index in [1.54, 1.807) is 0 Å². The fourth-order valence-corrected chi connectivity index (χ4v) is 0. The van der Waals surface area contributed by atoms with E-state index in [9.17, 15) is 0 Å². The Labute approximate surface area is 52.8 Å². The SMILES string of the molecule is NCCl.[NaH]. The molecule has 0 saturated carbocycles. The van der Waals surface area contributed by atoms with E-state index in [2.05, 4.69) is 5.73 Å². The number of hydrogen-bond acceptors (Lipinski definition) is 1. The molecule has 0 spiro atoms. The monoisotopic (exact) mass is 89.0 g/mol. The van der Waals surface area contributed by atoms with Crippen LogP contribution in [-0.2, 0) is 0 Å². The molecule has 0 aromatic heterocycles. The quantitative estimate of drug-likeness (QED) is 0.242. The van der Waals surface area contributed by atoms with Crippen molar-refractivity contribution >= 4 is 41.2 Å². The van der Waals surface area contributed by atoms with Gasteiger partial charge in [-0.1, -0.05) is 0 Å². The first-order valence-electron chi connectivity index (χ1n) is 0.676. The Bertz CT molecular complexity index is 8.00. The molecule has 0 unspecified atom stereocenters. The molecule has 0 aliphatic heterocycles. The van der Waals surface area contributed by atoms with Crippen molar-refractivity contribution in [3.8, 4) is 0 Å². The van der Waals surface area contributed by atoms with E-state index in [1.165, 1.54) is 0 Å². The second-order valence-corrected chi connectivity index (χ2v) is 0.463. The summed E-state index contributed by atoms with van der Waals surface area (Å²) in [7, 11) is 0. The van der Waals surface area contributed by atoms with Crippen molar-refractivity contribution in [1.29, 1.82) is 0 Å². The van der Waals surface area contributed by atoms with Crippen LogP contribution in [0.2, 0.25) is 0 Å². The Morgan fingerprint density at radius 2 is 1.75 bits per heavy atom. The zero-order valence-corrected chi connectivity index (χ0v) is 2.42. The summed E-state index contributed by atoms with van der Waals surface area (Å²) < 4.78 is 0. The zero-order valence-electron chi connectivity index (χ0n) is 1.66. The Morgan fingerprint density at radius 3 is 1.75 bits per heavy atom. The fourth-order valence-electron chi connectivity index (χ4n) is 0. The molecular weight excluding hydrogens is 84.5 g/mol. The van der Waals surface area contributed by atoms with Crippen LogP contribution >= 0.6 is 11.6 Å². The molecule has 0 fully saturated rings. The van der Waals surface area contributed by atoms with Crippen LogP contribution in [0.4, 0.5) is 0 Å². The summed E-state index contributed by atoms with van der Waals surface area (Å²) in [6.07, 6.45) is 0. The van der Waals surface area contributed by atoms with Gasteiger partial charge in [-0.2, -0.15) is 0 Å². The molecule has 1 nitrogen and oxygen atoms in total. The number of nitrogens with two attached hydrogens (primary N) is 1. The van der Waals surface area contributed by atoms with Crippen LogP contribution in [0.25, 0.3) is 0 Å². The molecule has 0 rings (SSSR count). The van der Waals surface area contributed by atoms with Gasteiger partial charge in [0.2, 0.25) is 0 Å². The van der Waals surface area contributed by atoms with E-state index in [1.807, 2.05) is 0 Å². The van der Waals surface area contributed by atoms with Crippen LogP contribution in [0.1, 0.15) is 0 Å². The summed E-state index contributed by atoms with van der Waals surface area (Å²) >= 11 is 4.78. The first kappa shape index (κ1) is 8.98. The summed E-state index contributed by atoms with van der Waals surface area (Å²) in [5.41, 5.74) is 4.61. The van der Waals surface area contributed by atoms with Crippen molar-refractivity contribution in [3.05, 3.63) is 0 Å². The second-order valence-electron chi connectivity index (χ2n) is 0.154. The van der Waals surface area contributed by atoms with Crippen LogP contribution in [0.5, 0.6) is 0 Å². The van der Waals surface area contributed by atoms with Gasteiger partial charge in [-0.3, -0.25) is 0 Å². The van der Waals surface area contributed by atoms with Crippen molar-refractivity contribution < 1.29 is 0 Å². The molecule has 4 heavy (non-hydrogen) atoms. The molecule has 0 radical (unpaired) electrons. The van der Waals surface area contributed by atoms with Crippen LogP contribution in [0, 0.1) is 0 Å². The first-order chi connectivity index (χ1) is 1.41. The topological polar surface area (TPSA) is 26.0 Å². The third-order valence-corrected chi connectivity index (χ3v) is 0. The van der Waals surface area contributed by atoms with Crippen molar-refractivity contribution in [2.45, 2.75) is 0 Å². The Hall–Kier alpha value is 1.25. The van der Waals surface area contributed by atoms with Gasteiger partial charge in [0.25, 0.3) is 0 Å². The van der Waals surface area contributed by atoms with E-state index in [-0.39, 0.29) is 35.6 Å². The normalized spacial score (nSPS) is 4.50. The minimum atomic E-state index is 0. The number of rotatable bonds is 0. The van der Waals surface area contributed by atoms with Gasteiger partial charge in [0.1, 0.15) is 0 Å². The summed E-state index contributed by atoms with van der Waals surface area (Å²) in [6.45, 7) is 0. The van der Waals surface area contributed by atoms with Crippen molar-refractivity contribution in [3.63, 3.8) is 0 Å². The summed E-state index contributed by atoms with van der Waals surface area (Å²) in [5, 5.41) is 0. The molecule has 0 aliphatic rings. The third-order valence-electron chi connectivity index (χ3n) is 0. The van der Waals surface area contributed by atoms with Gasteiger partial charge in [-0.05, 0) is 0 Å². The van der Waals surface area contributed by atoms with Gasteiger partial charge in [0, 0.05) is 0 Å². The van der Waals surface area contributed by atoms with Crippen LogP contribution in [0.3, 0.4) is 0 Å². The van der Waals surface area contributed by atoms with Crippen molar-refractivity contribution in [2.24, 2.45) is 5.73 Å². The predicted octanol–water partition coefficient (Wildman–Crippen LogP) is -0.507. The zero-order chi connectivity index (χ0) is 2.71. The second kappa shape index (κ2) is 8.87. The number of halogens is 1. The standard InChI is InChI=1S/CH4ClN.Na.H/c2-1-3;;/h1,3H2;;. The van der Waals surface area contributed by atoms with E-state index < -0.39 is 0 Å². The van der Waals surface area contributed by atoms with Crippen molar-refractivity contribution in [1.82, 2.24) is 0 Å². The molecule has 22 valence electrons. The Morgan fingerprint density at radius 1 is 1.75 bits per heavy atom. The molecule has 3 heteroatoms. The third kappa shape index (κ3) is 10.5. The average molecular weight is 89.5 g/mol. The minimum absolute atomic E-state index is 0. The molecule has 0 aromatic rings. The molecule has 2 N–H and O–H groups in total.